The van der Waals surface area contributed by atoms with E-state index in [0.717, 1.165) is 10.9 Å². The maximum absolute atomic E-state index is 12.0. The monoisotopic (exact) mass is 238 g/mol. The van der Waals surface area contributed by atoms with Gasteiger partial charge in [-0.1, -0.05) is 6.92 Å². The van der Waals surface area contributed by atoms with E-state index in [1.54, 1.807) is 12.4 Å². The second kappa shape index (κ2) is 3.90. The molecule has 0 bridgehead atoms. The lowest BCUT2D eigenvalue weighted by atomic mass is 10.2. The fourth-order valence-electron chi connectivity index (χ4n) is 1.77. The molecule has 0 aliphatic heterocycles. The van der Waals surface area contributed by atoms with Crippen LogP contribution in [0.5, 0.6) is 0 Å². The second-order valence-electron chi connectivity index (χ2n) is 3.83. The highest BCUT2D eigenvalue weighted by Gasteiger charge is 2.19. The lowest BCUT2D eigenvalue weighted by Crippen LogP contribution is -2.08. The number of rotatable bonds is 3. The molecule has 0 aliphatic carbocycles. The Morgan fingerprint density at radius 2 is 2.19 bits per heavy atom. The van der Waals surface area contributed by atoms with Crippen molar-refractivity contribution in [2.75, 3.05) is 5.75 Å². The first kappa shape index (κ1) is 11.1. The Bertz CT molecular complexity index is 614. The maximum atomic E-state index is 12.0. The summed E-state index contributed by atoms with van der Waals surface area (Å²) in [6.45, 7) is 3.78. The lowest BCUT2D eigenvalue weighted by Gasteiger charge is -2.03. The van der Waals surface area contributed by atoms with Crippen molar-refractivity contribution < 1.29 is 8.42 Å². The Morgan fingerprint density at radius 1 is 1.44 bits per heavy atom. The molecule has 2 rings (SSSR count). The van der Waals surface area contributed by atoms with Crippen molar-refractivity contribution in [1.82, 2.24) is 9.97 Å². The normalized spacial score (nSPS) is 12.1. The summed E-state index contributed by atoms with van der Waals surface area (Å²) in [6.07, 6.45) is 3.95. The van der Waals surface area contributed by atoms with Gasteiger partial charge in [-0.2, -0.15) is 0 Å². The van der Waals surface area contributed by atoms with Crippen molar-refractivity contribution in [3.63, 3.8) is 0 Å². The van der Waals surface area contributed by atoms with Gasteiger partial charge in [0.25, 0.3) is 0 Å². The zero-order chi connectivity index (χ0) is 11.8. The van der Waals surface area contributed by atoms with Gasteiger partial charge in [-0.3, -0.25) is 0 Å². The summed E-state index contributed by atoms with van der Waals surface area (Å²) in [6, 6.07) is 1.83. The van der Waals surface area contributed by atoms with E-state index >= 15 is 0 Å². The van der Waals surface area contributed by atoms with E-state index in [4.69, 9.17) is 0 Å². The minimum Gasteiger partial charge on any atom is -0.359 e. The van der Waals surface area contributed by atoms with Crippen LogP contribution in [0.2, 0.25) is 0 Å². The highest BCUT2D eigenvalue weighted by Crippen LogP contribution is 2.23. The first-order valence-electron chi connectivity index (χ1n) is 5.21. The number of nitrogens with one attached hydrogen (secondary N) is 1. The molecule has 0 saturated heterocycles. The molecule has 0 radical (unpaired) electrons. The van der Waals surface area contributed by atoms with Crippen molar-refractivity contribution in [3.05, 3.63) is 24.0 Å². The first-order chi connectivity index (χ1) is 7.56. The molecular formula is C11H14N2O2S. The van der Waals surface area contributed by atoms with Gasteiger partial charge in [0, 0.05) is 17.8 Å². The summed E-state index contributed by atoms with van der Waals surface area (Å²) in [4.78, 5) is 6.97. The van der Waals surface area contributed by atoms with Crippen LogP contribution in [0, 0.1) is 6.92 Å². The molecule has 1 N–H and O–H groups in total. The minimum atomic E-state index is -3.27. The van der Waals surface area contributed by atoms with Gasteiger partial charge in [-0.25, -0.2) is 13.4 Å². The van der Waals surface area contributed by atoms with Crippen LogP contribution in [0.3, 0.4) is 0 Å². The molecule has 0 unspecified atom stereocenters. The zero-order valence-corrected chi connectivity index (χ0v) is 10.1. The summed E-state index contributed by atoms with van der Waals surface area (Å²) >= 11 is 0. The summed E-state index contributed by atoms with van der Waals surface area (Å²) < 4.78 is 23.9. The first-order valence-corrected chi connectivity index (χ1v) is 6.87. The molecular weight excluding hydrogens is 224 g/mol. The Labute approximate surface area is 94.6 Å². The topological polar surface area (TPSA) is 62.8 Å². The molecule has 0 amide bonds. The maximum Gasteiger partial charge on any atom is 0.197 e. The lowest BCUT2D eigenvalue weighted by molar-refractivity contribution is 0.592. The number of hydrogen-bond donors (Lipinski definition) is 1. The average Bonchev–Trinajstić information content (AvgIpc) is 2.60. The third kappa shape index (κ3) is 1.71. The van der Waals surface area contributed by atoms with E-state index in [1.807, 2.05) is 19.9 Å². The van der Waals surface area contributed by atoms with Crippen molar-refractivity contribution in [2.45, 2.75) is 25.3 Å². The Hall–Kier alpha value is -1.36. The number of pyridine rings is 1. The van der Waals surface area contributed by atoms with E-state index < -0.39 is 9.84 Å². The summed E-state index contributed by atoms with van der Waals surface area (Å²) in [5.74, 6) is 0.136. The molecule has 5 heteroatoms. The molecule has 0 aromatic carbocycles. The van der Waals surface area contributed by atoms with Gasteiger partial charge in [-0.05, 0) is 25.0 Å². The number of H-pyrrole nitrogens is 1. The van der Waals surface area contributed by atoms with E-state index in [0.29, 0.717) is 11.9 Å². The van der Waals surface area contributed by atoms with Crippen LogP contribution < -0.4 is 0 Å². The largest absolute Gasteiger partial charge is 0.359 e. The molecule has 0 fully saturated rings. The van der Waals surface area contributed by atoms with Crippen LogP contribution in [-0.4, -0.2) is 24.1 Å². The van der Waals surface area contributed by atoms with E-state index in [2.05, 4.69) is 9.97 Å². The number of nitrogens with zero attached hydrogens (tertiary/aromatic N) is 1. The van der Waals surface area contributed by atoms with Gasteiger partial charge >= 0.3 is 0 Å². The van der Waals surface area contributed by atoms with Crippen molar-refractivity contribution in [3.8, 4) is 0 Å². The predicted octanol–water partition coefficient (Wildman–Crippen LogP) is 2.06. The second-order valence-corrected chi connectivity index (χ2v) is 5.85. The molecule has 86 valence electrons. The molecule has 0 atom stereocenters. The standard InChI is InChI=1S/C11H14N2O2S/c1-3-6-16(14,15)11-10-9(4-5-12-11)8(2)7-13-10/h4-5,7,13H,3,6H2,1-2H3. The van der Waals surface area contributed by atoms with Crippen molar-refractivity contribution in [2.24, 2.45) is 0 Å². The summed E-state index contributed by atoms with van der Waals surface area (Å²) in [5, 5.41) is 1.09. The third-order valence-electron chi connectivity index (χ3n) is 2.54. The molecule has 2 aromatic rings. The smallest absolute Gasteiger partial charge is 0.197 e. The van der Waals surface area contributed by atoms with Gasteiger partial charge in [0.05, 0.1) is 11.3 Å². The van der Waals surface area contributed by atoms with Crippen LogP contribution >= 0.6 is 0 Å². The van der Waals surface area contributed by atoms with Crippen molar-refractivity contribution >= 4 is 20.7 Å². The number of aromatic nitrogens is 2. The van der Waals surface area contributed by atoms with Crippen LogP contribution in [0.15, 0.2) is 23.5 Å². The fraction of sp³-hybridized carbons (Fsp3) is 0.364. The molecule has 0 aliphatic rings. The minimum absolute atomic E-state index is 0.136. The van der Waals surface area contributed by atoms with Gasteiger partial charge in [0.15, 0.2) is 14.9 Å². The highest BCUT2D eigenvalue weighted by molar-refractivity contribution is 7.91. The molecule has 4 nitrogen and oxygen atoms in total. The van der Waals surface area contributed by atoms with Crippen LogP contribution in [0.25, 0.3) is 10.9 Å². The van der Waals surface area contributed by atoms with Gasteiger partial charge < -0.3 is 4.98 Å². The number of hydrogen-bond acceptors (Lipinski definition) is 3. The van der Waals surface area contributed by atoms with E-state index in [1.165, 1.54) is 0 Å². The quantitative estimate of drug-likeness (QED) is 0.890. The fourth-order valence-corrected chi connectivity index (χ4v) is 3.20. The van der Waals surface area contributed by atoms with Crippen LogP contribution in [-0.2, 0) is 9.84 Å². The van der Waals surface area contributed by atoms with Crippen LogP contribution in [0.1, 0.15) is 18.9 Å². The molecule has 2 aromatic heterocycles. The van der Waals surface area contributed by atoms with Crippen LogP contribution in [0.4, 0.5) is 0 Å². The number of fused-ring (bicyclic) bond motifs is 1. The Kier molecular flexibility index (Phi) is 2.71. The predicted molar refractivity (Wildman–Crippen MR) is 63.2 cm³/mol. The summed E-state index contributed by atoms with van der Waals surface area (Å²) in [5.41, 5.74) is 1.65. The number of aryl methyl sites for hydroxylation is 1. The van der Waals surface area contributed by atoms with Gasteiger partial charge in [-0.15, -0.1) is 0 Å². The number of aromatic amines is 1. The molecule has 2 heterocycles. The van der Waals surface area contributed by atoms with Gasteiger partial charge in [0.2, 0.25) is 0 Å². The Balaban J connectivity index is 2.70. The number of sulfone groups is 1. The molecule has 16 heavy (non-hydrogen) atoms. The van der Waals surface area contributed by atoms with Crippen molar-refractivity contribution in [1.29, 1.82) is 0 Å². The van der Waals surface area contributed by atoms with Gasteiger partial charge in [0.1, 0.15) is 0 Å². The van der Waals surface area contributed by atoms with E-state index in [9.17, 15) is 8.42 Å². The summed E-state index contributed by atoms with van der Waals surface area (Å²) in [7, 11) is -3.27. The highest BCUT2D eigenvalue weighted by atomic mass is 32.2. The van der Waals surface area contributed by atoms with E-state index in [-0.39, 0.29) is 10.8 Å². The zero-order valence-electron chi connectivity index (χ0n) is 9.32. The SMILES string of the molecule is CCCS(=O)(=O)c1nccc2c(C)c[nH]c12. The third-order valence-corrected chi connectivity index (χ3v) is 4.39. The molecule has 0 saturated carbocycles. The molecule has 0 spiro atoms. The average molecular weight is 238 g/mol. The Morgan fingerprint density at radius 3 is 2.88 bits per heavy atom.